The number of aromatic hydroxyl groups is 1. The molecule has 1 unspecified atom stereocenters. The molecule has 0 saturated heterocycles. The number of nitrogens with one attached hydrogen (secondary N) is 1. The molecular weight excluding hydrogens is 289 g/mol. The summed E-state index contributed by atoms with van der Waals surface area (Å²) in [6.07, 6.45) is 0. The molecule has 2 aromatic rings. The lowest BCUT2D eigenvalue weighted by molar-refractivity contribution is 0.0937. The SMILES string of the molecule is CC(NC(=O)c1cc(F)ccc1O)c1ccc(Cl)s1. The quantitative estimate of drug-likeness (QED) is 0.907. The van der Waals surface area contributed by atoms with Crippen LogP contribution in [0.2, 0.25) is 4.34 Å². The highest BCUT2D eigenvalue weighted by molar-refractivity contribution is 7.16. The number of benzene rings is 1. The third kappa shape index (κ3) is 3.24. The van der Waals surface area contributed by atoms with E-state index in [1.807, 2.05) is 6.07 Å². The lowest BCUT2D eigenvalue weighted by Gasteiger charge is -2.12. The molecule has 0 fully saturated rings. The van der Waals surface area contributed by atoms with Crippen LogP contribution in [0.1, 0.15) is 28.2 Å². The Morgan fingerprint density at radius 2 is 2.16 bits per heavy atom. The van der Waals surface area contributed by atoms with Gasteiger partial charge in [-0.15, -0.1) is 11.3 Å². The van der Waals surface area contributed by atoms with E-state index in [1.54, 1.807) is 13.0 Å². The Morgan fingerprint density at radius 3 is 2.79 bits per heavy atom. The summed E-state index contributed by atoms with van der Waals surface area (Å²) < 4.78 is 13.7. The van der Waals surface area contributed by atoms with Gasteiger partial charge in [-0.2, -0.15) is 0 Å². The van der Waals surface area contributed by atoms with Crippen molar-refractivity contribution in [3.63, 3.8) is 0 Å². The first-order valence-corrected chi connectivity index (χ1v) is 6.71. The number of rotatable bonds is 3. The number of halogens is 2. The van der Waals surface area contributed by atoms with Gasteiger partial charge in [-0.25, -0.2) is 4.39 Å². The molecule has 6 heteroatoms. The lowest BCUT2D eigenvalue weighted by atomic mass is 10.1. The van der Waals surface area contributed by atoms with Crippen molar-refractivity contribution in [2.24, 2.45) is 0 Å². The standard InChI is InChI=1S/C13H11ClFNO2S/c1-7(11-4-5-12(14)19-11)16-13(18)9-6-8(15)2-3-10(9)17/h2-7,17H,1H3,(H,16,18). The second kappa shape index (κ2) is 5.59. The molecule has 0 aliphatic heterocycles. The van der Waals surface area contributed by atoms with Crippen molar-refractivity contribution in [3.8, 4) is 5.75 Å². The van der Waals surface area contributed by atoms with Gasteiger partial charge < -0.3 is 10.4 Å². The Labute approximate surface area is 118 Å². The molecule has 0 saturated carbocycles. The zero-order chi connectivity index (χ0) is 14.0. The topological polar surface area (TPSA) is 49.3 Å². The number of carbonyl (C=O) groups excluding carboxylic acids is 1. The zero-order valence-corrected chi connectivity index (χ0v) is 11.6. The average molecular weight is 300 g/mol. The van der Waals surface area contributed by atoms with Crippen molar-refractivity contribution in [1.82, 2.24) is 5.32 Å². The van der Waals surface area contributed by atoms with E-state index in [2.05, 4.69) is 5.32 Å². The number of amides is 1. The van der Waals surface area contributed by atoms with Crippen molar-refractivity contribution in [2.75, 3.05) is 0 Å². The van der Waals surface area contributed by atoms with Crippen molar-refractivity contribution < 1.29 is 14.3 Å². The molecule has 100 valence electrons. The summed E-state index contributed by atoms with van der Waals surface area (Å²) in [6, 6.07) is 6.52. The number of carbonyl (C=O) groups is 1. The maximum absolute atomic E-state index is 13.1. The first-order chi connectivity index (χ1) is 8.97. The predicted molar refractivity (Wildman–Crippen MR) is 73.3 cm³/mol. The summed E-state index contributed by atoms with van der Waals surface area (Å²) in [5.41, 5.74) is -0.0884. The second-order valence-electron chi connectivity index (χ2n) is 4.00. The highest BCUT2D eigenvalue weighted by atomic mass is 35.5. The van der Waals surface area contributed by atoms with Crippen LogP contribution < -0.4 is 5.32 Å². The first kappa shape index (κ1) is 13.8. The van der Waals surface area contributed by atoms with Crippen LogP contribution in [0.15, 0.2) is 30.3 Å². The van der Waals surface area contributed by atoms with E-state index in [0.717, 1.165) is 23.1 Å². The van der Waals surface area contributed by atoms with Gasteiger partial charge in [-0.05, 0) is 37.3 Å². The normalized spacial score (nSPS) is 12.2. The maximum Gasteiger partial charge on any atom is 0.255 e. The van der Waals surface area contributed by atoms with E-state index in [-0.39, 0.29) is 17.4 Å². The van der Waals surface area contributed by atoms with Crippen molar-refractivity contribution >= 4 is 28.8 Å². The van der Waals surface area contributed by atoms with E-state index < -0.39 is 11.7 Å². The largest absolute Gasteiger partial charge is 0.507 e. The van der Waals surface area contributed by atoms with E-state index in [0.29, 0.717) is 4.34 Å². The summed E-state index contributed by atoms with van der Waals surface area (Å²) in [5, 5.41) is 12.2. The van der Waals surface area contributed by atoms with Gasteiger partial charge in [0.15, 0.2) is 0 Å². The highest BCUT2D eigenvalue weighted by Crippen LogP contribution is 2.27. The smallest absolute Gasteiger partial charge is 0.255 e. The van der Waals surface area contributed by atoms with Crippen LogP contribution in [0.5, 0.6) is 5.75 Å². The molecule has 0 spiro atoms. The van der Waals surface area contributed by atoms with Gasteiger partial charge in [0, 0.05) is 4.88 Å². The molecule has 1 atom stereocenters. The summed E-state index contributed by atoms with van der Waals surface area (Å²) in [7, 11) is 0. The van der Waals surface area contributed by atoms with Gasteiger partial charge in [0.05, 0.1) is 15.9 Å². The highest BCUT2D eigenvalue weighted by Gasteiger charge is 2.16. The van der Waals surface area contributed by atoms with Crippen LogP contribution in [0.3, 0.4) is 0 Å². The molecule has 1 amide bonds. The monoisotopic (exact) mass is 299 g/mol. The minimum atomic E-state index is -0.574. The molecule has 19 heavy (non-hydrogen) atoms. The van der Waals surface area contributed by atoms with Crippen LogP contribution in [0, 0.1) is 5.82 Å². The molecule has 0 radical (unpaired) electrons. The van der Waals surface area contributed by atoms with Gasteiger partial charge in [0.25, 0.3) is 5.91 Å². The van der Waals surface area contributed by atoms with Crippen molar-refractivity contribution in [2.45, 2.75) is 13.0 Å². The summed E-state index contributed by atoms with van der Waals surface area (Å²) in [5.74, 6) is -1.36. The number of phenols is 1. The summed E-state index contributed by atoms with van der Waals surface area (Å²) >= 11 is 7.17. The Morgan fingerprint density at radius 1 is 1.42 bits per heavy atom. The fourth-order valence-corrected chi connectivity index (χ4v) is 2.66. The number of hydrogen-bond donors (Lipinski definition) is 2. The molecule has 1 heterocycles. The number of thiophene rings is 1. The molecule has 1 aromatic heterocycles. The third-order valence-electron chi connectivity index (χ3n) is 2.57. The van der Waals surface area contributed by atoms with Crippen LogP contribution in [-0.4, -0.2) is 11.0 Å². The molecule has 0 aliphatic rings. The lowest BCUT2D eigenvalue weighted by Crippen LogP contribution is -2.26. The fourth-order valence-electron chi connectivity index (χ4n) is 1.60. The maximum atomic E-state index is 13.1. The van der Waals surface area contributed by atoms with E-state index in [9.17, 15) is 14.3 Å². The number of hydrogen-bond acceptors (Lipinski definition) is 3. The van der Waals surface area contributed by atoms with E-state index in [1.165, 1.54) is 11.3 Å². The van der Waals surface area contributed by atoms with Crippen LogP contribution in [0.25, 0.3) is 0 Å². The van der Waals surface area contributed by atoms with Gasteiger partial charge in [0.2, 0.25) is 0 Å². The third-order valence-corrected chi connectivity index (χ3v) is 3.99. The summed E-state index contributed by atoms with van der Waals surface area (Å²) in [6.45, 7) is 1.79. The summed E-state index contributed by atoms with van der Waals surface area (Å²) in [4.78, 5) is 12.8. The zero-order valence-electron chi connectivity index (χ0n) is 9.98. The molecule has 0 bridgehead atoms. The Balaban J connectivity index is 2.15. The van der Waals surface area contributed by atoms with Gasteiger partial charge in [-0.1, -0.05) is 11.6 Å². The predicted octanol–water partition coefficient (Wildman–Crippen LogP) is 3.74. The minimum Gasteiger partial charge on any atom is -0.507 e. The Hall–Kier alpha value is -1.59. The number of phenolic OH excluding ortho intramolecular Hbond substituents is 1. The Kier molecular flexibility index (Phi) is 4.07. The van der Waals surface area contributed by atoms with Gasteiger partial charge in [0.1, 0.15) is 11.6 Å². The van der Waals surface area contributed by atoms with Gasteiger partial charge in [-0.3, -0.25) is 4.79 Å². The van der Waals surface area contributed by atoms with E-state index >= 15 is 0 Å². The first-order valence-electron chi connectivity index (χ1n) is 5.52. The fraction of sp³-hybridized carbons (Fsp3) is 0.154. The molecule has 0 aliphatic carbocycles. The van der Waals surface area contributed by atoms with Crippen LogP contribution >= 0.6 is 22.9 Å². The van der Waals surface area contributed by atoms with Crippen molar-refractivity contribution in [3.05, 3.63) is 50.9 Å². The van der Waals surface area contributed by atoms with Crippen LogP contribution in [-0.2, 0) is 0 Å². The molecular formula is C13H11ClFNO2S. The molecule has 3 nitrogen and oxygen atoms in total. The van der Waals surface area contributed by atoms with Crippen LogP contribution in [0.4, 0.5) is 4.39 Å². The second-order valence-corrected chi connectivity index (χ2v) is 5.75. The van der Waals surface area contributed by atoms with E-state index in [4.69, 9.17) is 11.6 Å². The molecule has 1 aromatic carbocycles. The van der Waals surface area contributed by atoms with Gasteiger partial charge >= 0.3 is 0 Å². The average Bonchev–Trinajstić information content (AvgIpc) is 2.79. The minimum absolute atomic E-state index is 0.0884. The molecule has 2 N–H and O–H groups in total. The van der Waals surface area contributed by atoms with Crippen molar-refractivity contribution in [1.29, 1.82) is 0 Å². The Bertz CT molecular complexity index is 614. The molecule has 2 rings (SSSR count).